The molecule has 0 aromatic heterocycles. The van der Waals surface area contributed by atoms with Gasteiger partial charge in [-0.2, -0.15) is 0 Å². The zero-order chi connectivity index (χ0) is 22.8. The van der Waals surface area contributed by atoms with Crippen molar-refractivity contribution in [2.24, 2.45) is 0 Å². The van der Waals surface area contributed by atoms with E-state index in [-0.39, 0.29) is 30.1 Å². The second-order valence-electron chi connectivity index (χ2n) is 8.64. The van der Waals surface area contributed by atoms with Crippen LogP contribution in [-0.4, -0.2) is 41.2 Å². The lowest BCUT2D eigenvalue weighted by Crippen LogP contribution is -2.53. The van der Waals surface area contributed by atoms with E-state index in [1.165, 1.54) is 17.4 Å². The first-order chi connectivity index (χ1) is 14.6. The van der Waals surface area contributed by atoms with Gasteiger partial charge < -0.3 is 9.64 Å². The summed E-state index contributed by atoms with van der Waals surface area (Å²) >= 11 is 0. The predicted octanol–water partition coefficient (Wildman–Crippen LogP) is 3.75. The minimum atomic E-state index is -0.478. The van der Waals surface area contributed by atoms with E-state index in [2.05, 4.69) is 20.8 Å². The molecule has 0 atom stereocenters. The van der Waals surface area contributed by atoms with E-state index >= 15 is 0 Å². The minimum Gasteiger partial charge on any atom is -0.497 e. The number of nitrogens with zero attached hydrogens (tertiary/aromatic N) is 2. The third-order valence-corrected chi connectivity index (χ3v) is 5.31. The smallest absolute Gasteiger partial charge is 0.277 e. The van der Waals surface area contributed by atoms with Crippen LogP contribution in [0.25, 0.3) is 6.08 Å². The first-order valence-corrected chi connectivity index (χ1v) is 10.2. The molecule has 0 unspecified atom stereocenters. The summed E-state index contributed by atoms with van der Waals surface area (Å²) in [4.78, 5) is 40.3. The summed E-state index contributed by atoms with van der Waals surface area (Å²) < 4.78 is 5.17. The first kappa shape index (κ1) is 22.3. The Balaban J connectivity index is 1.96. The molecule has 31 heavy (non-hydrogen) atoms. The number of carbonyl (C=O) groups is 3. The third-order valence-electron chi connectivity index (χ3n) is 5.31. The zero-order valence-electron chi connectivity index (χ0n) is 18.6. The summed E-state index contributed by atoms with van der Waals surface area (Å²) in [6, 6.07) is 15.2. The Morgan fingerprint density at radius 2 is 1.65 bits per heavy atom. The Morgan fingerprint density at radius 1 is 1.03 bits per heavy atom. The van der Waals surface area contributed by atoms with Crippen molar-refractivity contribution in [2.45, 2.75) is 39.7 Å². The molecule has 0 spiro atoms. The fraction of sp³-hybridized carbons (Fsp3) is 0.320. The molecule has 0 aliphatic carbocycles. The van der Waals surface area contributed by atoms with Gasteiger partial charge in [-0.1, -0.05) is 57.2 Å². The number of hydrogen-bond acceptors (Lipinski definition) is 4. The average Bonchev–Trinajstić information content (AvgIpc) is 2.73. The Labute approximate surface area is 183 Å². The minimum absolute atomic E-state index is 0.0247. The number of ether oxygens (including phenoxy) is 1. The van der Waals surface area contributed by atoms with Gasteiger partial charge in [-0.15, -0.1) is 0 Å². The molecule has 0 radical (unpaired) electrons. The largest absolute Gasteiger partial charge is 0.497 e. The molecule has 1 aliphatic rings. The highest BCUT2D eigenvalue weighted by Crippen LogP contribution is 2.26. The van der Waals surface area contributed by atoms with Crippen LogP contribution in [0.4, 0.5) is 0 Å². The van der Waals surface area contributed by atoms with Crippen LogP contribution in [0.3, 0.4) is 0 Å². The Morgan fingerprint density at radius 3 is 2.16 bits per heavy atom. The molecule has 3 amide bonds. The van der Waals surface area contributed by atoms with Crippen molar-refractivity contribution in [3.05, 3.63) is 70.9 Å². The standard InChI is InChI=1S/C25H28N2O4/c1-17(28)26-16-23(29)27(15-19-6-10-20(11-7-19)25(2,3)4)22(24(26)30)14-18-8-12-21(31-5)13-9-18/h6-14H,15-16H2,1-5H3/b22-14+. The van der Waals surface area contributed by atoms with Crippen molar-refractivity contribution in [1.82, 2.24) is 9.80 Å². The number of piperazine rings is 1. The van der Waals surface area contributed by atoms with Crippen LogP contribution < -0.4 is 4.74 Å². The predicted molar refractivity (Wildman–Crippen MR) is 119 cm³/mol. The molecular formula is C25H28N2O4. The number of hydrogen-bond donors (Lipinski definition) is 0. The molecule has 0 bridgehead atoms. The topological polar surface area (TPSA) is 66.9 Å². The normalized spacial score (nSPS) is 16.1. The van der Waals surface area contributed by atoms with E-state index in [1.54, 1.807) is 37.5 Å². The van der Waals surface area contributed by atoms with Gasteiger partial charge in [-0.3, -0.25) is 19.3 Å². The van der Waals surface area contributed by atoms with Crippen molar-refractivity contribution < 1.29 is 19.1 Å². The SMILES string of the molecule is COc1ccc(/C=C2\C(=O)N(C(C)=O)CC(=O)N2Cc2ccc(C(C)(C)C)cc2)cc1. The third kappa shape index (κ3) is 5.02. The van der Waals surface area contributed by atoms with Gasteiger partial charge in [0.05, 0.1) is 13.7 Å². The molecule has 6 heteroatoms. The van der Waals surface area contributed by atoms with Crippen molar-refractivity contribution in [3.8, 4) is 5.75 Å². The Bertz CT molecular complexity index is 1010. The van der Waals surface area contributed by atoms with E-state index in [0.717, 1.165) is 16.0 Å². The fourth-order valence-corrected chi connectivity index (χ4v) is 3.40. The Kier molecular flexibility index (Phi) is 6.29. The number of imide groups is 1. The lowest BCUT2D eigenvalue weighted by atomic mass is 9.86. The molecule has 162 valence electrons. The number of rotatable bonds is 4. The van der Waals surface area contributed by atoms with E-state index in [9.17, 15) is 14.4 Å². The highest BCUT2D eigenvalue weighted by molar-refractivity contribution is 6.12. The summed E-state index contributed by atoms with van der Waals surface area (Å²) in [6.07, 6.45) is 1.64. The van der Waals surface area contributed by atoms with Gasteiger partial charge in [0.1, 0.15) is 18.0 Å². The first-order valence-electron chi connectivity index (χ1n) is 10.2. The van der Waals surface area contributed by atoms with Gasteiger partial charge in [0, 0.05) is 6.92 Å². The highest BCUT2D eigenvalue weighted by atomic mass is 16.5. The van der Waals surface area contributed by atoms with Crippen LogP contribution in [-0.2, 0) is 26.3 Å². The van der Waals surface area contributed by atoms with Gasteiger partial charge in [0.2, 0.25) is 11.8 Å². The van der Waals surface area contributed by atoms with Crippen LogP contribution in [0.2, 0.25) is 0 Å². The second kappa shape index (κ2) is 8.76. The molecule has 0 N–H and O–H groups in total. The lowest BCUT2D eigenvalue weighted by Gasteiger charge is -2.34. The molecular weight excluding hydrogens is 392 g/mol. The number of methoxy groups -OCH3 is 1. The van der Waals surface area contributed by atoms with E-state index < -0.39 is 11.8 Å². The summed E-state index contributed by atoms with van der Waals surface area (Å²) in [5.41, 5.74) is 3.03. The van der Waals surface area contributed by atoms with Crippen molar-refractivity contribution in [1.29, 1.82) is 0 Å². The van der Waals surface area contributed by atoms with Crippen LogP contribution in [0.15, 0.2) is 54.2 Å². The summed E-state index contributed by atoms with van der Waals surface area (Å²) in [7, 11) is 1.58. The molecule has 2 aromatic rings. The highest BCUT2D eigenvalue weighted by Gasteiger charge is 2.36. The van der Waals surface area contributed by atoms with Gasteiger partial charge >= 0.3 is 0 Å². The maximum absolute atomic E-state index is 13.0. The molecule has 3 rings (SSSR count). The molecule has 0 saturated carbocycles. The van der Waals surface area contributed by atoms with Crippen molar-refractivity contribution in [3.63, 3.8) is 0 Å². The lowest BCUT2D eigenvalue weighted by molar-refractivity contribution is -0.153. The van der Waals surface area contributed by atoms with E-state index in [0.29, 0.717) is 5.75 Å². The molecule has 6 nitrogen and oxygen atoms in total. The molecule has 1 saturated heterocycles. The van der Waals surface area contributed by atoms with Gasteiger partial charge in [-0.25, -0.2) is 0 Å². The maximum atomic E-state index is 13.0. The van der Waals surface area contributed by atoms with E-state index in [4.69, 9.17) is 4.74 Å². The molecule has 1 aliphatic heterocycles. The summed E-state index contributed by atoms with van der Waals surface area (Å²) in [5, 5.41) is 0. The van der Waals surface area contributed by atoms with Crippen LogP contribution in [0.5, 0.6) is 5.75 Å². The van der Waals surface area contributed by atoms with Crippen LogP contribution in [0.1, 0.15) is 44.4 Å². The number of benzene rings is 2. The van der Waals surface area contributed by atoms with Crippen LogP contribution in [0, 0.1) is 0 Å². The molecule has 1 heterocycles. The maximum Gasteiger partial charge on any atom is 0.277 e. The number of amides is 3. The molecule has 2 aromatic carbocycles. The van der Waals surface area contributed by atoms with Gasteiger partial charge in [-0.05, 0) is 40.3 Å². The number of carbonyl (C=O) groups excluding carboxylic acids is 3. The Hall–Kier alpha value is -3.41. The van der Waals surface area contributed by atoms with Crippen LogP contribution >= 0.6 is 0 Å². The zero-order valence-corrected chi connectivity index (χ0v) is 18.6. The van der Waals surface area contributed by atoms with Crippen molar-refractivity contribution in [2.75, 3.05) is 13.7 Å². The van der Waals surface area contributed by atoms with Crippen molar-refractivity contribution >= 4 is 23.8 Å². The molecule has 1 fully saturated rings. The quantitative estimate of drug-likeness (QED) is 0.707. The fourth-order valence-electron chi connectivity index (χ4n) is 3.40. The monoisotopic (exact) mass is 420 g/mol. The van der Waals surface area contributed by atoms with Gasteiger partial charge in [0.25, 0.3) is 5.91 Å². The summed E-state index contributed by atoms with van der Waals surface area (Å²) in [6.45, 7) is 7.70. The average molecular weight is 421 g/mol. The summed E-state index contributed by atoms with van der Waals surface area (Å²) in [5.74, 6) is -0.536. The second-order valence-corrected chi connectivity index (χ2v) is 8.64. The van der Waals surface area contributed by atoms with E-state index in [1.807, 2.05) is 24.3 Å². The van der Waals surface area contributed by atoms with Gasteiger partial charge in [0.15, 0.2) is 0 Å².